The van der Waals surface area contributed by atoms with Gasteiger partial charge >= 0.3 is 0 Å². The van der Waals surface area contributed by atoms with E-state index in [2.05, 4.69) is 69.4 Å². The second-order valence-corrected chi connectivity index (χ2v) is 7.19. The number of fused-ring (bicyclic) bond motifs is 1. The molecule has 0 saturated carbocycles. The predicted octanol–water partition coefficient (Wildman–Crippen LogP) is 4.37. The van der Waals surface area contributed by atoms with E-state index < -0.39 is 0 Å². The van der Waals surface area contributed by atoms with Gasteiger partial charge in [0.2, 0.25) is 5.16 Å². The van der Waals surface area contributed by atoms with Crippen LogP contribution in [0.2, 0.25) is 0 Å². The predicted molar refractivity (Wildman–Crippen MR) is 97.0 cm³/mol. The number of hydrogen-bond donors (Lipinski definition) is 0. The van der Waals surface area contributed by atoms with Gasteiger partial charge in [-0.2, -0.15) is 9.78 Å². The van der Waals surface area contributed by atoms with Gasteiger partial charge in [0.25, 0.3) is 0 Å². The first-order valence-corrected chi connectivity index (χ1v) is 8.97. The van der Waals surface area contributed by atoms with Crippen LogP contribution in [0.3, 0.4) is 0 Å². The third-order valence-corrected chi connectivity index (χ3v) is 5.06. The average molecular weight is 385 g/mol. The fourth-order valence-corrected chi connectivity index (χ4v) is 3.66. The fraction of sp³-hybridized carbons (Fsp3) is 0.118. The Morgan fingerprint density at radius 3 is 2.65 bits per heavy atom. The normalized spacial score (nSPS) is 13.6. The van der Waals surface area contributed by atoms with E-state index in [4.69, 9.17) is 5.10 Å². The van der Waals surface area contributed by atoms with Crippen molar-refractivity contribution in [1.82, 2.24) is 14.9 Å². The summed E-state index contributed by atoms with van der Waals surface area (Å²) in [5.41, 5.74) is 4.38. The number of nitrogens with zero attached hydrogens (tertiary/aromatic N) is 4. The maximum Gasteiger partial charge on any atom is 0.212 e. The number of hydrogen-bond acceptors (Lipinski definition) is 4. The van der Waals surface area contributed by atoms with E-state index in [0.29, 0.717) is 0 Å². The summed E-state index contributed by atoms with van der Waals surface area (Å²) in [4.78, 5) is 0. The molecule has 1 aliphatic heterocycles. The molecule has 2 aromatic carbocycles. The Morgan fingerprint density at radius 2 is 1.87 bits per heavy atom. The van der Waals surface area contributed by atoms with Crippen LogP contribution in [0.1, 0.15) is 11.1 Å². The minimum Gasteiger partial charge on any atom is -0.187 e. The van der Waals surface area contributed by atoms with Gasteiger partial charge in [-0.3, -0.25) is 0 Å². The zero-order valence-electron chi connectivity index (χ0n) is 12.4. The highest BCUT2D eigenvalue weighted by molar-refractivity contribution is 9.10. The van der Waals surface area contributed by atoms with Crippen LogP contribution in [-0.4, -0.2) is 26.3 Å². The lowest BCUT2D eigenvalue weighted by atomic mass is 10.1. The SMILES string of the molecule is Cc1ccc(-c2nnc3n2N=C(c2cccc(Br)c2)CS3)cc1. The quantitative estimate of drug-likeness (QED) is 0.658. The molecule has 4 nitrogen and oxygen atoms in total. The number of thioether (sulfide) groups is 1. The van der Waals surface area contributed by atoms with Gasteiger partial charge in [0.1, 0.15) is 0 Å². The van der Waals surface area contributed by atoms with Crippen molar-refractivity contribution in [3.63, 3.8) is 0 Å². The number of rotatable bonds is 2. The molecule has 0 radical (unpaired) electrons. The maximum atomic E-state index is 4.78. The summed E-state index contributed by atoms with van der Waals surface area (Å²) in [6.07, 6.45) is 0. The van der Waals surface area contributed by atoms with Gasteiger partial charge in [0, 0.05) is 15.8 Å². The van der Waals surface area contributed by atoms with Gasteiger partial charge in [0.15, 0.2) is 5.82 Å². The highest BCUT2D eigenvalue weighted by Crippen LogP contribution is 2.29. The monoisotopic (exact) mass is 384 g/mol. The molecule has 1 aromatic heterocycles. The van der Waals surface area contributed by atoms with Crippen LogP contribution in [0.5, 0.6) is 0 Å². The topological polar surface area (TPSA) is 43.1 Å². The summed E-state index contributed by atoms with van der Waals surface area (Å²) < 4.78 is 2.89. The molecule has 6 heteroatoms. The Hall–Kier alpha value is -1.92. The van der Waals surface area contributed by atoms with Gasteiger partial charge in [-0.05, 0) is 24.6 Å². The van der Waals surface area contributed by atoms with Crippen molar-refractivity contribution in [1.29, 1.82) is 0 Å². The molecule has 0 amide bonds. The van der Waals surface area contributed by atoms with Gasteiger partial charge in [-0.1, -0.05) is 69.7 Å². The van der Waals surface area contributed by atoms with Crippen molar-refractivity contribution < 1.29 is 0 Å². The summed E-state index contributed by atoms with van der Waals surface area (Å²) in [6, 6.07) is 16.5. The minimum absolute atomic E-state index is 0.777. The average Bonchev–Trinajstić information content (AvgIpc) is 2.99. The third kappa shape index (κ3) is 2.84. The largest absolute Gasteiger partial charge is 0.212 e. The van der Waals surface area contributed by atoms with Gasteiger partial charge in [0.05, 0.1) is 5.71 Å². The molecule has 4 rings (SSSR count). The zero-order valence-corrected chi connectivity index (χ0v) is 14.8. The molecule has 0 N–H and O–H groups in total. The molecule has 0 saturated heterocycles. The Labute approximate surface area is 146 Å². The van der Waals surface area contributed by atoms with Gasteiger partial charge in [-0.25, -0.2) is 0 Å². The summed E-state index contributed by atoms with van der Waals surface area (Å²) in [5, 5.41) is 14.2. The first-order valence-electron chi connectivity index (χ1n) is 7.20. The summed E-state index contributed by atoms with van der Waals surface area (Å²) in [6.45, 7) is 2.07. The van der Waals surface area contributed by atoms with Crippen molar-refractivity contribution in [2.24, 2.45) is 5.10 Å². The molecule has 114 valence electrons. The summed E-state index contributed by atoms with van der Waals surface area (Å²) in [5.74, 6) is 1.57. The fourth-order valence-electron chi connectivity index (χ4n) is 2.42. The highest BCUT2D eigenvalue weighted by atomic mass is 79.9. The lowest BCUT2D eigenvalue weighted by molar-refractivity contribution is 0.762. The van der Waals surface area contributed by atoms with E-state index in [1.807, 2.05) is 16.8 Å². The molecule has 3 aromatic rings. The second-order valence-electron chi connectivity index (χ2n) is 5.33. The number of aryl methyl sites for hydroxylation is 1. The molecule has 23 heavy (non-hydrogen) atoms. The van der Waals surface area contributed by atoms with Crippen LogP contribution in [0, 0.1) is 6.92 Å². The lowest BCUT2D eigenvalue weighted by Gasteiger charge is -2.14. The Morgan fingerprint density at radius 1 is 1.04 bits per heavy atom. The van der Waals surface area contributed by atoms with E-state index in [-0.39, 0.29) is 0 Å². The third-order valence-electron chi connectivity index (χ3n) is 3.64. The van der Waals surface area contributed by atoms with Crippen LogP contribution in [0.25, 0.3) is 11.4 Å². The van der Waals surface area contributed by atoms with E-state index >= 15 is 0 Å². The number of halogens is 1. The molecule has 0 bridgehead atoms. The minimum atomic E-state index is 0.777. The molecular weight excluding hydrogens is 372 g/mol. The second kappa shape index (κ2) is 5.94. The summed E-state index contributed by atoms with van der Waals surface area (Å²) in [7, 11) is 0. The van der Waals surface area contributed by atoms with Crippen LogP contribution in [0.4, 0.5) is 0 Å². The van der Waals surface area contributed by atoms with Crippen molar-refractivity contribution in [2.45, 2.75) is 12.1 Å². The molecule has 0 atom stereocenters. The summed E-state index contributed by atoms with van der Waals surface area (Å²) >= 11 is 5.18. The Kier molecular flexibility index (Phi) is 3.79. The van der Waals surface area contributed by atoms with E-state index in [1.54, 1.807) is 11.8 Å². The van der Waals surface area contributed by atoms with Crippen molar-refractivity contribution >= 4 is 33.4 Å². The van der Waals surface area contributed by atoms with Crippen LogP contribution in [-0.2, 0) is 0 Å². The molecule has 0 unspecified atom stereocenters. The van der Waals surface area contributed by atoms with E-state index in [0.717, 1.165) is 38.0 Å². The molecule has 1 aliphatic rings. The highest BCUT2D eigenvalue weighted by Gasteiger charge is 2.20. The van der Waals surface area contributed by atoms with Crippen LogP contribution >= 0.6 is 27.7 Å². The zero-order chi connectivity index (χ0) is 15.8. The van der Waals surface area contributed by atoms with Gasteiger partial charge in [-0.15, -0.1) is 10.2 Å². The standard InChI is InChI=1S/C17H13BrN4S/c1-11-5-7-12(8-6-11)16-19-20-17-22(16)21-15(10-23-17)13-3-2-4-14(18)9-13/h2-9H,10H2,1H3. The van der Waals surface area contributed by atoms with E-state index in [9.17, 15) is 0 Å². The van der Waals surface area contributed by atoms with Crippen molar-refractivity contribution in [2.75, 3.05) is 5.75 Å². The van der Waals surface area contributed by atoms with Gasteiger partial charge < -0.3 is 0 Å². The van der Waals surface area contributed by atoms with Crippen molar-refractivity contribution in [3.8, 4) is 11.4 Å². The smallest absolute Gasteiger partial charge is 0.187 e. The Balaban J connectivity index is 1.79. The molecule has 0 spiro atoms. The first-order chi connectivity index (χ1) is 11.2. The maximum absolute atomic E-state index is 4.78. The first kappa shape index (κ1) is 14.7. The molecule has 0 fully saturated rings. The lowest BCUT2D eigenvalue weighted by Crippen LogP contribution is -2.13. The number of aromatic nitrogens is 3. The molecular formula is C17H13BrN4S. The van der Waals surface area contributed by atoms with Crippen molar-refractivity contribution in [3.05, 3.63) is 64.1 Å². The van der Waals surface area contributed by atoms with Crippen LogP contribution < -0.4 is 0 Å². The Bertz CT molecular complexity index is 899. The molecule has 2 heterocycles. The molecule has 0 aliphatic carbocycles. The van der Waals surface area contributed by atoms with E-state index in [1.165, 1.54) is 5.56 Å². The van der Waals surface area contributed by atoms with Crippen LogP contribution in [0.15, 0.2) is 63.3 Å². The number of benzene rings is 2.